The third kappa shape index (κ3) is 2.09. The van der Waals surface area contributed by atoms with Gasteiger partial charge in [-0.2, -0.15) is 10.2 Å². The minimum absolute atomic E-state index is 0.171. The van der Waals surface area contributed by atoms with Crippen molar-refractivity contribution in [3.05, 3.63) is 41.3 Å². The molecule has 100 valence electrons. The Morgan fingerprint density at radius 2 is 1.95 bits per heavy atom. The van der Waals surface area contributed by atoms with Crippen molar-refractivity contribution in [3.63, 3.8) is 0 Å². The molecule has 0 aliphatic heterocycles. The maximum absolute atomic E-state index is 12.2. The number of carbonyl (C=O) groups is 1. The normalized spacial score (nSPS) is 10.7. The lowest BCUT2D eigenvalue weighted by Crippen LogP contribution is -2.16. The van der Waals surface area contributed by atoms with Crippen LogP contribution in [0.2, 0.25) is 0 Å². The molecule has 0 unspecified atom stereocenters. The molecule has 0 spiro atoms. The first-order chi connectivity index (χ1) is 9.65. The molecule has 0 atom stereocenters. The van der Waals surface area contributed by atoms with E-state index in [4.69, 9.17) is 0 Å². The van der Waals surface area contributed by atoms with Gasteiger partial charge in [0.05, 0.1) is 16.9 Å². The van der Waals surface area contributed by atoms with Crippen LogP contribution in [-0.4, -0.2) is 31.3 Å². The fourth-order valence-corrected chi connectivity index (χ4v) is 1.81. The minimum Gasteiger partial charge on any atom is -0.288 e. The smallest absolute Gasteiger partial charge is 0.279 e. The van der Waals surface area contributed by atoms with Crippen LogP contribution in [0.15, 0.2) is 24.3 Å². The van der Waals surface area contributed by atoms with Gasteiger partial charge in [0.1, 0.15) is 0 Å². The van der Waals surface area contributed by atoms with Crippen LogP contribution >= 0.6 is 0 Å². The second-order valence-electron chi connectivity index (χ2n) is 4.38. The molecule has 0 saturated carbocycles. The second kappa shape index (κ2) is 4.69. The first-order valence-electron chi connectivity index (χ1n) is 6.07. The lowest BCUT2D eigenvalue weighted by molar-refractivity contribution is 0.102. The number of fused-ring (bicyclic) bond motifs is 1. The Morgan fingerprint density at radius 3 is 2.75 bits per heavy atom. The zero-order chi connectivity index (χ0) is 14.1. The molecule has 0 saturated heterocycles. The summed E-state index contributed by atoms with van der Waals surface area (Å²) in [5, 5.41) is 17.9. The Labute approximate surface area is 114 Å². The number of rotatable bonds is 2. The zero-order valence-electron chi connectivity index (χ0n) is 11.0. The van der Waals surface area contributed by atoms with Crippen molar-refractivity contribution in [1.82, 2.24) is 25.4 Å². The second-order valence-corrected chi connectivity index (χ2v) is 4.38. The Balaban J connectivity index is 1.91. The Bertz CT molecular complexity index is 794. The van der Waals surface area contributed by atoms with Gasteiger partial charge in [0.25, 0.3) is 5.91 Å². The summed E-state index contributed by atoms with van der Waals surface area (Å²) in [6.45, 7) is 3.62. The molecule has 7 nitrogen and oxygen atoms in total. The summed E-state index contributed by atoms with van der Waals surface area (Å²) in [4.78, 5) is 16.3. The van der Waals surface area contributed by atoms with Gasteiger partial charge in [-0.1, -0.05) is 18.2 Å². The Morgan fingerprint density at radius 1 is 1.15 bits per heavy atom. The van der Waals surface area contributed by atoms with Crippen molar-refractivity contribution in [1.29, 1.82) is 0 Å². The quantitative estimate of drug-likeness (QED) is 0.736. The zero-order valence-corrected chi connectivity index (χ0v) is 11.0. The highest BCUT2D eigenvalue weighted by Crippen LogP contribution is 2.15. The monoisotopic (exact) mass is 268 g/mol. The van der Waals surface area contributed by atoms with E-state index in [1.165, 1.54) is 0 Å². The molecule has 1 aromatic carbocycles. The number of amides is 1. The van der Waals surface area contributed by atoms with E-state index in [9.17, 15) is 4.79 Å². The number of nitrogens with zero attached hydrogens (tertiary/aromatic N) is 4. The summed E-state index contributed by atoms with van der Waals surface area (Å²) >= 11 is 0. The molecular formula is C13H12N6O. The maximum Gasteiger partial charge on any atom is 0.279 e. The van der Waals surface area contributed by atoms with Crippen LogP contribution in [-0.2, 0) is 0 Å². The standard InChI is InChI=1S/C13H12N6O/c1-7-8(2)16-19-13(14-7)15-12(20)11-9-5-3-4-6-10(9)17-18-11/h3-6H,1-2H3,(H,17,18)(H,14,15,19,20). The van der Waals surface area contributed by atoms with E-state index in [0.717, 1.165) is 22.3 Å². The number of para-hydroxylation sites is 1. The predicted octanol–water partition coefficient (Wildman–Crippen LogP) is 1.62. The first kappa shape index (κ1) is 12.2. The van der Waals surface area contributed by atoms with E-state index in [1.807, 2.05) is 38.1 Å². The highest BCUT2D eigenvalue weighted by Gasteiger charge is 2.15. The van der Waals surface area contributed by atoms with Crippen molar-refractivity contribution in [3.8, 4) is 0 Å². The average molecular weight is 268 g/mol. The SMILES string of the molecule is Cc1nnc(NC(=O)c2n[nH]c3ccccc23)nc1C. The van der Waals surface area contributed by atoms with Crippen LogP contribution < -0.4 is 5.32 Å². The van der Waals surface area contributed by atoms with Crippen LogP contribution in [0.1, 0.15) is 21.9 Å². The van der Waals surface area contributed by atoms with Gasteiger partial charge in [0.2, 0.25) is 5.95 Å². The van der Waals surface area contributed by atoms with Crippen molar-refractivity contribution >= 4 is 22.8 Å². The van der Waals surface area contributed by atoms with Gasteiger partial charge in [-0.05, 0) is 19.9 Å². The molecule has 2 heterocycles. The Hall–Kier alpha value is -2.83. The van der Waals surface area contributed by atoms with Crippen molar-refractivity contribution < 1.29 is 4.79 Å². The molecule has 0 aliphatic rings. The molecule has 0 bridgehead atoms. The van der Waals surface area contributed by atoms with Gasteiger partial charge in [-0.15, -0.1) is 5.10 Å². The third-order valence-corrected chi connectivity index (χ3v) is 3.00. The number of aryl methyl sites for hydroxylation is 2. The van der Waals surface area contributed by atoms with Gasteiger partial charge in [-0.25, -0.2) is 4.98 Å². The molecule has 20 heavy (non-hydrogen) atoms. The summed E-state index contributed by atoms with van der Waals surface area (Å²) < 4.78 is 0. The number of anilines is 1. The maximum atomic E-state index is 12.2. The van der Waals surface area contributed by atoms with Gasteiger partial charge in [0.15, 0.2) is 5.69 Å². The fraction of sp³-hybridized carbons (Fsp3) is 0.154. The van der Waals surface area contributed by atoms with Crippen LogP contribution in [0.25, 0.3) is 10.9 Å². The molecule has 1 amide bonds. The largest absolute Gasteiger partial charge is 0.288 e. The highest BCUT2D eigenvalue weighted by molar-refractivity contribution is 6.10. The summed E-state index contributed by atoms with van der Waals surface area (Å²) in [5.74, 6) is -0.197. The van der Waals surface area contributed by atoms with E-state index < -0.39 is 0 Å². The molecule has 3 rings (SSSR count). The van der Waals surface area contributed by atoms with Gasteiger partial charge < -0.3 is 0 Å². The highest BCUT2D eigenvalue weighted by atomic mass is 16.2. The van der Waals surface area contributed by atoms with Crippen molar-refractivity contribution in [2.75, 3.05) is 5.32 Å². The number of aromatic amines is 1. The van der Waals surface area contributed by atoms with E-state index >= 15 is 0 Å². The first-order valence-corrected chi connectivity index (χ1v) is 6.07. The van der Waals surface area contributed by atoms with Crippen LogP contribution in [0, 0.1) is 13.8 Å². The number of nitrogens with one attached hydrogen (secondary N) is 2. The van der Waals surface area contributed by atoms with Crippen molar-refractivity contribution in [2.24, 2.45) is 0 Å². The molecule has 0 radical (unpaired) electrons. The van der Waals surface area contributed by atoms with Crippen LogP contribution in [0.5, 0.6) is 0 Å². The molecule has 2 aromatic heterocycles. The molecule has 2 N–H and O–H groups in total. The molecule has 7 heteroatoms. The minimum atomic E-state index is -0.368. The molecule has 0 fully saturated rings. The number of H-pyrrole nitrogens is 1. The molecule has 3 aromatic rings. The predicted molar refractivity (Wildman–Crippen MR) is 73.3 cm³/mol. The summed E-state index contributed by atoms with van der Waals surface area (Å²) in [7, 11) is 0. The summed E-state index contributed by atoms with van der Waals surface area (Å²) in [5.41, 5.74) is 2.56. The van der Waals surface area contributed by atoms with Crippen LogP contribution in [0.4, 0.5) is 5.95 Å². The van der Waals surface area contributed by atoms with E-state index in [-0.39, 0.29) is 11.9 Å². The summed E-state index contributed by atoms with van der Waals surface area (Å²) in [6, 6.07) is 7.40. The van der Waals surface area contributed by atoms with E-state index in [1.54, 1.807) is 0 Å². The molecule has 0 aliphatic carbocycles. The Kier molecular flexibility index (Phi) is 2.86. The lowest BCUT2D eigenvalue weighted by Gasteiger charge is -2.03. The fourth-order valence-electron chi connectivity index (χ4n) is 1.81. The number of aromatic nitrogens is 5. The van der Waals surface area contributed by atoms with E-state index in [0.29, 0.717) is 5.69 Å². The lowest BCUT2D eigenvalue weighted by atomic mass is 10.2. The number of hydrogen-bond donors (Lipinski definition) is 2. The third-order valence-electron chi connectivity index (χ3n) is 3.00. The molecular weight excluding hydrogens is 256 g/mol. The number of benzene rings is 1. The average Bonchev–Trinajstić information content (AvgIpc) is 2.87. The van der Waals surface area contributed by atoms with Crippen molar-refractivity contribution in [2.45, 2.75) is 13.8 Å². The van der Waals surface area contributed by atoms with Gasteiger partial charge >= 0.3 is 0 Å². The number of hydrogen-bond acceptors (Lipinski definition) is 5. The summed E-state index contributed by atoms with van der Waals surface area (Å²) in [6.07, 6.45) is 0. The van der Waals surface area contributed by atoms with Gasteiger partial charge in [0, 0.05) is 5.39 Å². The van der Waals surface area contributed by atoms with Crippen LogP contribution in [0.3, 0.4) is 0 Å². The number of carbonyl (C=O) groups excluding carboxylic acids is 1. The topological polar surface area (TPSA) is 96.5 Å². The van der Waals surface area contributed by atoms with E-state index in [2.05, 4.69) is 30.7 Å². The van der Waals surface area contributed by atoms with Gasteiger partial charge in [-0.3, -0.25) is 15.2 Å².